The van der Waals surface area contributed by atoms with Crippen molar-refractivity contribution in [1.82, 2.24) is 15.1 Å². The molecule has 0 spiro atoms. The maximum atomic E-state index is 12.4. The average molecular weight is 377 g/mol. The van der Waals surface area contributed by atoms with E-state index in [1.165, 1.54) is 16.7 Å². The Morgan fingerprint density at radius 1 is 1.16 bits per heavy atom. The Morgan fingerprint density at radius 3 is 2.36 bits per heavy atom. The lowest BCUT2D eigenvalue weighted by Gasteiger charge is -2.27. The van der Waals surface area contributed by atoms with Crippen LogP contribution in [0.2, 0.25) is 0 Å². The van der Waals surface area contributed by atoms with Crippen molar-refractivity contribution in [2.75, 3.05) is 19.0 Å². The van der Waals surface area contributed by atoms with Gasteiger partial charge in [-0.25, -0.2) is 4.79 Å². The van der Waals surface area contributed by atoms with E-state index >= 15 is 0 Å². The van der Waals surface area contributed by atoms with E-state index in [-0.39, 0.29) is 0 Å². The molecule has 0 radical (unpaired) electrons. The largest absolute Gasteiger partial charge is 0.480 e. The Bertz CT molecular complexity index is 651. The van der Waals surface area contributed by atoms with Gasteiger partial charge < -0.3 is 15.3 Å². The summed E-state index contributed by atoms with van der Waals surface area (Å²) in [4.78, 5) is 38.6. The van der Waals surface area contributed by atoms with E-state index in [2.05, 4.69) is 5.32 Å². The summed E-state index contributed by atoms with van der Waals surface area (Å²) in [5.41, 5.74) is 0. The number of aliphatic carboxylic acids is 1. The van der Waals surface area contributed by atoms with Crippen molar-refractivity contribution in [1.29, 1.82) is 0 Å². The van der Waals surface area contributed by atoms with Gasteiger partial charge in [0.1, 0.15) is 18.0 Å². The number of nitrogens with zero attached hydrogens (tertiary/aromatic N) is 2. The maximum Gasteiger partial charge on any atom is 0.326 e. The molecule has 0 aliphatic carbocycles. The van der Waals surface area contributed by atoms with Gasteiger partial charge in [0.05, 0.1) is 6.04 Å². The highest BCUT2D eigenvalue weighted by atomic mass is 32.2. The van der Waals surface area contributed by atoms with Gasteiger partial charge in [0.2, 0.25) is 11.8 Å². The molecule has 2 saturated heterocycles. The maximum absolute atomic E-state index is 12.4. The zero-order chi connectivity index (χ0) is 18.8. The molecule has 3 N–H and O–H groups in total. The first-order valence-electron chi connectivity index (χ1n) is 8.13. The molecular weight excluding hydrogens is 354 g/mol. The number of carbonyl (C=O) groups is 3. The van der Waals surface area contributed by atoms with Crippen LogP contribution in [0.25, 0.3) is 0 Å². The lowest BCUT2D eigenvalue weighted by molar-refractivity contribution is -0.149. The van der Waals surface area contributed by atoms with Crippen LogP contribution in [0.15, 0.2) is 0 Å². The summed E-state index contributed by atoms with van der Waals surface area (Å²) in [7, 11) is -4.24. The van der Waals surface area contributed by atoms with Crippen molar-refractivity contribution >= 4 is 27.9 Å². The minimum Gasteiger partial charge on any atom is -0.480 e. The molecule has 2 heterocycles. The predicted molar refractivity (Wildman–Crippen MR) is 86.1 cm³/mol. The summed E-state index contributed by atoms with van der Waals surface area (Å²) in [6.07, 6.45) is 1.99. The van der Waals surface area contributed by atoms with Crippen molar-refractivity contribution in [2.45, 2.75) is 50.7 Å². The summed E-state index contributed by atoms with van der Waals surface area (Å²) in [5.74, 6) is -2.69. The summed E-state index contributed by atoms with van der Waals surface area (Å²) in [5, 5.41) is 11.7. The van der Waals surface area contributed by atoms with E-state index in [9.17, 15) is 22.8 Å². The molecule has 0 bridgehead atoms. The Kier molecular flexibility index (Phi) is 6.01. The second-order valence-corrected chi connectivity index (χ2v) is 7.86. The van der Waals surface area contributed by atoms with Gasteiger partial charge in [-0.15, -0.1) is 0 Å². The molecule has 0 unspecified atom stereocenters. The van der Waals surface area contributed by atoms with Crippen molar-refractivity contribution in [3.8, 4) is 0 Å². The molecule has 142 valence electrons. The molecule has 2 aliphatic heterocycles. The normalized spacial score (nSPS) is 25.8. The quantitative estimate of drug-likeness (QED) is 0.494. The third kappa shape index (κ3) is 4.89. The topological polar surface area (TPSA) is 144 Å². The van der Waals surface area contributed by atoms with E-state index in [0.717, 1.165) is 0 Å². The fraction of sp³-hybridized carbons (Fsp3) is 0.786. The monoisotopic (exact) mass is 377 g/mol. The molecular formula is C14H23N3O7S. The van der Waals surface area contributed by atoms with Crippen LogP contribution in [0.1, 0.15) is 32.6 Å². The molecule has 0 aromatic rings. The molecule has 10 nitrogen and oxygen atoms in total. The molecule has 0 saturated carbocycles. The fourth-order valence-corrected chi connectivity index (χ4v) is 4.12. The molecule has 2 rings (SSSR count). The lowest BCUT2D eigenvalue weighted by Crippen LogP contribution is -2.54. The second kappa shape index (κ2) is 7.67. The Labute approximate surface area is 145 Å². The molecule has 3 atom stereocenters. The van der Waals surface area contributed by atoms with Crippen LogP contribution in [-0.4, -0.2) is 82.8 Å². The molecule has 0 aromatic heterocycles. The Balaban J connectivity index is 1.97. The number of carbonyl (C=O) groups excluding carboxylic acids is 2. The first-order valence-corrected chi connectivity index (χ1v) is 9.74. The van der Waals surface area contributed by atoms with E-state index in [0.29, 0.717) is 38.8 Å². The number of hydrogen-bond donors (Lipinski definition) is 3. The van der Waals surface area contributed by atoms with Crippen molar-refractivity contribution in [3.63, 3.8) is 0 Å². The van der Waals surface area contributed by atoms with E-state index in [1.807, 2.05) is 0 Å². The zero-order valence-electron chi connectivity index (χ0n) is 13.9. The first kappa shape index (κ1) is 19.6. The minimum atomic E-state index is -4.24. The highest BCUT2D eigenvalue weighted by Crippen LogP contribution is 2.20. The molecule has 0 aromatic carbocycles. The minimum absolute atomic E-state index is 0.328. The van der Waals surface area contributed by atoms with Crippen molar-refractivity contribution < 1.29 is 32.5 Å². The van der Waals surface area contributed by atoms with Gasteiger partial charge in [0, 0.05) is 13.1 Å². The molecule has 2 aliphatic rings. The number of carboxylic acid groups (broad SMARTS) is 1. The third-order valence-corrected chi connectivity index (χ3v) is 5.20. The van der Waals surface area contributed by atoms with Crippen LogP contribution < -0.4 is 5.32 Å². The Morgan fingerprint density at radius 2 is 1.76 bits per heavy atom. The van der Waals surface area contributed by atoms with Crippen molar-refractivity contribution in [3.05, 3.63) is 0 Å². The van der Waals surface area contributed by atoms with Crippen LogP contribution in [0.4, 0.5) is 0 Å². The molecule has 2 fully saturated rings. The Hall–Kier alpha value is -1.72. The average Bonchev–Trinajstić information content (AvgIpc) is 3.13. The molecule has 11 heteroatoms. The number of likely N-dealkylation sites (tertiary alicyclic amines) is 2. The van der Waals surface area contributed by atoms with E-state index in [4.69, 9.17) is 9.66 Å². The first-order chi connectivity index (χ1) is 11.6. The standard InChI is InChI=1S/C14H23N3O7S/c1-9(13(19)17-7-3-5-11(17)14(20)21)15-12(18)10-4-2-6-16(10)8-25(22,23)24/h9-11H,2-8H2,1H3,(H,15,18)(H,20,21)(H,22,23,24)/t9-,10-,11-/m0/s1. The SMILES string of the molecule is C[C@H](NC(=O)[C@@H]1CCCN1CS(=O)(=O)O)C(=O)N1CCC[C@H]1C(=O)O. The van der Waals surface area contributed by atoms with Crippen LogP contribution in [0, 0.1) is 0 Å². The van der Waals surface area contributed by atoms with Gasteiger partial charge >= 0.3 is 5.97 Å². The molecule has 2 amide bonds. The number of amides is 2. The van der Waals surface area contributed by atoms with Gasteiger partial charge in [-0.1, -0.05) is 0 Å². The summed E-state index contributed by atoms with van der Waals surface area (Å²) in [6.45, 7) is 2.15. The number of nitrogens with one attached hydrogen (secondary N) is 1. The summed E-state index contributed by atoms with van der Waals surface area (Å²) >= 11 is 0. The predicted octanol–water partition coefficient (Wildman–Crippen LogP) is -1.12. The lowest BCUT2D eigenvalue weighted by atomic mass is 10.1. The fourth-order valence-electron chi connectivity index (χ4n) is 3.39. The van der Waals surface area contributed by atoms with Gasteiger partial charge in [-0.05, 0) is 32.6 Å². The van der Waals surface area contributed by atoms with Crippen LogP contribution >= 0.6 is 0 Å². The second-order valence-electron chi connectivity index (χ2n) is 6.44. The van der Waals surface area contributed by atoms with E-state index < -0.39 is 51.9 Å². The number of rotatable bonds is 6. The van der Waals surface area contributed by atoms with Gasteiger partial charge in [0.25, 0.3) is 10.1 Å². The van der Waals surface area contributed by atoms with Crippen molar-refractivity contribution in [2.24, 2.45) is 0 Å². The number of hydrogen-bond acceptors (Lipinski definition) is 6. The summed E-state index contributed by atoms with van der Waals surface area (Å²) < 4.78 is 31.0. The molecule has 25 heavy (non-hydrogen) atoms. The van der Waals surface area contributed by atoms with Gasteiger partial charge in [-0.2, -0.15) is 8.42 Å². The highest BCUT2D eigenvalue weighted by molar-refractivity contribution is 7.85. The zero-order valence-corrected chi connectivity index (χ0v) is 14.7. The van der Waals surface area contributed by atoms with E-state index in [1.54, 1.807) is 0 Å². The number of carboxylic acids is 1. The van der Waals surface area contributed by atoms with Gasteiger partial charge in [-0.3, -0.25) is 19.0 Å². The van der Waals surface area contributed by atoms with Gasteiger partial charge in [0.15, 0.2) is 0 Å². The third-order valence-electron chi connectivity index (χ3n) is 4.55. The van der Waals surface area contributed by atoms with Crippen LogP contribution in [0.3, 0.4) is 0 Å². The van der Waals surface area contributed by atoms with Crippen LogP contribution in [0.5, 0.6) is 0 Å². The smallest absolute Gasteiger partial charge is 0.326 e. The highest BCUT2D eigenvalue weighted by Gasteiger charge is 2.38. The van der Waals surface area contributed by atoms with Crippen LogP contribution in [-0.2, 0) is 24.5 Å². The summed E-state index contributed by atoms with van der Waals surface area (Å²) in [6, 6.07) is -2.54.